The molecule has 0 radical (unpaired) electrons. The number of rotatable bonds is 14. The summed E-state index contributed by atoms with van der Waals surface area (Å²) in [7, 11) is 1.37. The van der Waals surface area contributed by atoms with Crippen molar-refractivity contribution in [1.82, 2.24) is 20.2 Å². The molecule has 0 atom stereocenters. The quantitative estimate of drug-likeness (QED) is 0.0683. The number of nitrogens with one attached hydrogen (secondary N) is 2. The molecule has 0 bridgehead atoms. The van der Waals surface area contributed by atoms with E-state index < -0.39 is 11.6 Å². The van der Waals surface area contributed by atoms with Crippen molar-refractivity contribution in [3.8, 4) is 11.1 Å². The van der Waals surface area contributed by atoms with Crippen LogP contribution >= 0.6 is 11.6 Å². The van der Waals surface area contributed by atoms with Crippen molar-refractivity contribution >= 4 is 51.2 Å². The number of carbonyl (C=O) groups excluding carboxylic acids is 2. The molecule has 10 heteroatoms. The Morgan fingerprint density at radius 2 is 1.67 bits per heavy atom. The second-order valence-corrected chi connectivity index (χ2v) is 13.3. The third kappa shape index (κ3) is 9.68. The van der Waals surface area contributed by atoms with Crippen LogP contribution in [0.1, 0.15) is 56.0 Å². The van der Waals surface area contributed by atoms with Crippen LogP contribution in [0.5, 0.6) is 0 Å². The number of esters is 1. The van der Waals surface area contributed by atoms with Gasteiger partial charge in [-0.2, -0.15) is 0 Å². The van der Waals surface area contributed by atoms with Crippen molar-refractivity contribution < 1.29 is 19.1 Å². The number of amides is 1. The van der Waals surface area contributed by atoms with Crippen molar-refractivity contribution in [2.45, 2.75) is 52.2 Å². The number of benzene rings is 3. The highest BCUT2D eigenvalue weighted by molar-refractivity contribution is 6.33. The molecule has 0 spiro atoms. The van der Waals surface area contributed by atoms with Crippen LogP contribution in [-0.4, -0.2) is 65.8 Å². The Hall–Kier alpha value is -4.73. The fourth-order valence-electron chi connectivity index (χ4n) is 5.62. The number of unbranched alkanes of at least 4 members (excludes halogenated alkanes) is 1. The molecule has 5 rings (SSSR count). The van der Waals surface area contributed by atoms with Crippen LogP contribution in [0.4, 0.5) is 10.6 Å². The van der Waals surface area contributed by atoms with Gasteiger partial charge < -0.3 is 25.0 Å². The lowest BCUT2D eigenvalue weighted by Crippen LogP contribution is -2.37. The molecule has 0 unspecified atom stereocenters. The van der Waals surface area contributed by atoms with Crippen molar-refractivity contribution in [3.05, 3.63) is 101 Å². The normalized spacial score (nSPS) is 11.4. The molecule has 49 heavy (non-hydrogen) atoms. The molecule has 0 fully saturated rings. The molecule has 3 aromatic carbocycles. The Balaban J connectivity index is 1.10. The SMILES string of the molecule is COC(=O)c1ccc2c(c1)nc(NCCCNCCCCN(Cc1ccc(-c3ccccc3)c(Cl)c1)C(=O)OC(C)(C)C)c1ccncc12. The Labute approximate surface area is 293 Å². The number of ether oxygens (including phenoxy) is 2. The first kappa shape index (κ1) is 35.6. The molecule has 256 valence electrons. The van der Waals surface area contributed by atoms with Crippen LogP contribution < -0.4 is 10.6 Å². The summed E-state index contributed by atoms with van der Waals surface area (Å²) in [5, 5.41) is 10.5. The highest BCUT2D eigenvalue weighted by atomic mass is 35.5. The topological polar surface area (TPSA) is 106 Å². The number of halogens is 1. The Kier molecular flexibility index (Phi) is 12.0. The fraction of sp³-hybridized carbons (Fsp3) is 0.333. The van der Waals surface area contributed by atoms with E-state index in [0.29, 0.717) is 29.2 Å². The van der Waals surface area contributed by atoms with Crippen LogP contribution in [0.3, 0.4) is 0 Å². The van der Waals surface area contributed by atoms with E-state index in [0.717, 1.165) is 77.6 Å². The molecule has 0 saturated heterocycles. The molecule has 2 aromatic heterocycles. The summed E-state index contributed by atoms with van der Waals surface area (Å²) in [6.45, 7) is 9.01. The van der Waals surface area contributed by atoms with Crippen LogP contribution in [0.2, 0.25) is 5.02 Å². The molecule has 0 aliphatic carbocycles. The summed E-state index contributed by atoms with van der Waals surface area (Å²) in [5.74, 6) is 0.358. The van der Waals surface area contributed by atoms with E-state index in [2.05, 4.69) is 15.6 Å². The van der Waals surface area contributed by atoms with E-state index in [1.165, 1.54) is 7.11 Å². The number of pyridine rings is 2. The minimum absolute atomic E-state index is 0.332. The van der Waals surface area contributed by atoms with Gasteiger partial charge in [0.25, 0.3) is 0 Å². The zero-order chi connectivity index (χ0) is 34.8. The molecule has 9 nitrogen and oxygen atoms in total. The van der Waals surface area contributed by atoms with E-state index >= 15 is 0 Å². The molecule has 2 heterocycles. The summed E-state index contributed by atoms with van der Waals surface area (Å²) in [6, 6.07) is 23.3. The Morgan fingerprint density at radius 3 is 2.43 bits per heavy atom. The number of anilines is 1. The minimum Gasteiger partial charge on any atom is -0.465 e. The molecule has 0 aliphatic rings. The van der Waals surface area contributed by atoms with E-state index in [1.807, 2.05) is 87.6 Å². The van der Waals surface area contributed by atoms with Gasteiger partial charge >= 0.3 is 12.1 Å². The van der Waals surface area contributed by atoms with Gasteiger partial charge in [-0.1, -0.05) is 60.1 Å². The number of hydrogen-bond donors (Lipinski definition) is 2. The van der Waals surface area contributed by atoms with Gasteiger partial charge in [-0.25, -0.2) is 14.6 Å². The third-order valence-corrected chi connectivity index (χ3v) is 8.33. The molecule has 0 aliphatic heterocycles. The summed E-state index contributed by atoms with van der Waals surface area (Å²) in [6.07, 6.45) is 5.87. The average molecular weight is 682 g/mol. The lowest BCUT2D eigenvalue weighted by molar-refractivity contribution is 0.0230. The van der Waals surface area contributed by atoms with Gasteiger partial charge in [0.05, 0.1) is 18.2 Å². The molecular weight excluding hydrogens is 638 g/mol. The Bertz CT molecular complexity index is 1890. The molecule has 5 aromatic rings. The standard InChI is InChI=1S/C39H44ClN5O4/c1-39(2,3)49-38(47)45(26-27-13-15-30(34(40)23-27)28-11-6-5-7-12-28)22-9-8-18-41-19-10-20-43-36-32-17-21-42-25-33(32)31-16-14-29(37(46)48-4)24-35(31)44-36/h5-7,11-17,21,23-25,41H,8-10,18-20,22,26H2,1-4H3,(H,43,44). The van der Waals surface area contributed by atoms with Crippen molar-refractivity contribution in [3.63, 3.8) is 0 Å². The van der Waals surface area contributed by atoms with E-state index in [-0.39, 0.29) is 6.09 Å². The summed E-state index contributed by atoms with van der Waals surface area (Å²) in [4.78, 5) is 36.1. The van der Waals surface area contributed by atoms with Gasteiger partial charge in [-0.05, 0) is 88.5 Å². The predicted octanol–water partition coefficient (Wildman–Crippen LogP) is 8.50. The fourth-order valence-corrected chi connectivity index (χ4v) is 5.93. The zero-order valence-electron chi connectivity index (χ0n) is 28.6. The molecule has 2 N–H and O–H groups in total. The van der Waals surface area contributed by atoms with Crippen molar-refractivity contribution in [1.29, 1.82) is 0 Å². The highest BCUT2D eigenvalue weighted by Crippen LogP contribution is 2.30. The molecule has 1 amide bonds. The number of carbonyl (C=O) groups is 2. The van der Waals surface area contributed by atoms with Crippen LogP contribution in [0.15, 0.2) is 85.2 Å². The average Bonchev–Trinajstić information content (AvgIpc) is 3.09. The molecule has 0 saturated carbocycles. The van der Waals surface area contributed by atoms with Gasteiger partial charge in [0.1, 0.15) is 11.4 Å². The van der Waals surface area contributed by atoms with Gasteiger partial charge in [0.15, 0.2) is 0 Å². The van der Waals surface area contributed by atoms with Crippen molar-refractivity contribution in [2.24, 2.45) is 0 Å². The summed E-state index contributed by atoms with van der Waals surface area (Å²) >= 11 is 6.67. The van der Waals surface area contributed by atoms with Crippen LogP contribution in [-0.2, 0) is 16.0 Å². The maximum absolute atomic E-state index is 13.1. The summed E-state index contributed by atoms with van der Waals surface area (Å²) < 4.78 is 10.6. The van der Waals surface area contributed by atoms with Gasteiger partial charge in [0.2, 0.25) is 0 Å². The lowest BCUT2D eigenvalue weighted by Gasteiger charge is -2.27. The third-order valence-electron chi connectivity index (χ3n) is 8.02. The largest absolute Gasteiger partial charge is 0.465 e. The first-order chi connectivity index (χ1) is 23.6. The van der Waals surface area contributed by atoms with E-state index in [4.69, 9.17) is 26.1 Å². The monoisotopic (exact) mass is 681 g/mol. The maximum Gasteiger partial charge on any atom is 0.410 e. The van der Waals surface area contributed by atoms with Crippen LogP contribution in [0, 0.1) is 0 Å². The second-order valence-electron chi connectivity index (χ2n) is 12.9. The zero-order valence-corrected chi connectivity index (χ0v) is 29.3. The first-order valence-corrected chi connectivity index (χ1v) is 17.0. The number of aromatic nitrogens is 2. The van der Waals surface area contributed by atoms with E-state index in [1.54, 1.807) is 23.2 Å². The van der Waals surface area contributed by atoms with Crippen LogP contribution in [0.25, 0.3) is 32.8 Å². The van der Waals surface area contributed by atoms with Crippen molar-refractivity contribution in [2.75, 3.05) is 38.6 Å². The highest BCUT2D eigenvalue weighted by Gasteiger charge is 2.22. The lowest BCUT2D eigenvalue weighted by atomic mass is 10.0. The van der Waals surface area contributed by atoms with Gasteiger partial charge in [0, 0.05) is 58.8 Å². The number of fused-ring (bicyclic) bond motifs is 3. The molecular formula is C39H44ClN5O4. The summed E-state index contributed by atoms with van der Waals surface area (Å²) in [5.41, 5.74) is 3.55. The Morgan fingerprint density at radius 1 is 0.878 bits per heavy atom. The maximum atomic E-state index is 13.1. The number of hydrogen-bond acceptors (Lipinski definition) is 8. The second kappa shape index (κ2) is 16.6. The smallest absolute Gasteiger partial charge is 0.410 e. The first-order valence-electron chi connectivity index (χ1n) is 16.6. The minimum atomic E-state index is -0.586. The predicted molar refractivity (Wildman–Crippen MR) is 197 cm³/mol. The van der Waals surface area contributed by atoms with E-state index in [9.17, 15) is 9.59 Å². The number of methoxy groups -OCH3 is 1. The number of nitrogens with zero attached hydrogens (tertiary/aromatic N) is 3. The van der Waals surface area contributed by atoms with Gasteiger partial charge in [-0.15, -0.1) is 0 Å². The van der Waals surface area contributed by atoms with Gasteiger partial charge in [-0.3, -0.25) is 4.98 Å².